The lowest BCUT2D eigenvalue weighted by molar-refractivity contribution is 0.289. The molecule has 0 aliphatic heterocycles. The van der Waals surface area contributed by atoms with Crippen LogP contribution in [0.25, 0.3) is 0 Å². The van der Waals surface area contributed by atoms with Gasteiger partial charge in [-0.25, -0.2) is 0 Å². The molecule has 74 valence electrons. The summed E-state index contributed by atoms with van der Waals surface area (Å²) in [5, 5.41) is 3.16. The molecule has 1 N–H and O–H groups in total. The Morgan fingerprint density at radius 2 is 1.92 bits per heavy atom. The van der Waals surface area contributed by atoms with Crippen LogP contribution in [-0.4, -0.2) is 38.6 Å². The quantitative estimate of drug-likeness (QED) is 0.586. The van der Waals surface area contributed by atoms with Gasteiger partial charge in [0, 0.05) is 6.54 Å². The zero-order valence-electron chi connectivity index (χ0n) is 9.06. The lowest BCUT2D eigenvalue weighted by Crippen LogP contribution is -2.24. The molecule has 0 amide bonds. The van der Waals surface area contributed by atoms with E-state index >= 15 is 0 Å². The summed E-state index contributed by atoms with van der Waals surface area (Å²) in [6.07, 6.45) is 2.60. The van der Waals surface area contributed by atoms with Crippen LogP contribution in [-0.2, 0) is 0 Å². The van der Waals surface area contributed by atoms with Gasteiger partial charge in [-0.1, -0.05) is 13.8 Å². The van der Waals surface area contributed by atoms with Crippen molar-refractivity contribution in [1.29, 1.82) is 0 Å². The smallest absolute Gasteiger partial charge is 0.000133 e. The normalized spacial score (nSPS) is 11.5. The topological polar surface area (TPSA) is 15.3 Å². The van der Waals surface area contributed by atoms with Crippen molar-refractivity contribution < 1.29 is 0 Å². The highest BCUT2D eigenvalue weighted by Crippen LogP contribution is 1.97. The van der Waals surface area contributed by atoms with Crippen LogP contribution in [0.3, 0.4) is 0 Å². The lowest BCUT2D eigenvalue weighted by atomic mass is 10.2. The van der Waals surface area contributed by atoms with Gasteiger partial charge in [0.2, 0.25) is 0 Å². The predicted molar refractivity (Wildman–Crippen MR) is 55.5 cm³/mol. The molecule has 0 heterocycles. The van der Waals surface area contributed by atoms with E-state index in [9.17, 15) is 0 Å². The van der Waals surface area contributed by atoms with E-state index in [1.165, 1.54) is 25.9 Å². The van der Waals surface area contributed by atoms with Crippen LogP contribution in [0, 0.1) is 5.92 Å². The minimum atomic E-state index is 0.791. The van der Waals surface area contributed by atoms with Crippen molar-refractivity contribution in [2.75, 3.05) is 33.7 Å². The van der Waals surface area contributed by atoms with Crippen LogP contribution in [0.4, 0.5) is 0 Å². The van der Waals surface area contributed by atoms with E-state index in [2.05, 4.69) is 31.1 Å². The zero-order valence-corrected chi connectivity index (χ0v) is 9.06. The minimum absolute atomic E-state index is 0.791. The molecule has 0 spiro atoms. The summed E-state index contributed by atoms with van der Waals surface area (Å²) in [5.74, 6) is 0.791. The third kappa shape index (κ3) is 8.02. The molecule has 0 radical (unpaired) electrons. The first-order valence-electron chi connectivity index (χ1n) is 5.00. The molecule has 0 rings (SSSR count). The fourth-order valence-corrected chi connectivity index (χ4v) is 1.40. The maximum atomic E-state index is 3.16. The Morgan fingerprint density at radius 3 is 2.42 bits per heavy atom. The van der Waals surface area contributed by atoms with Crippen LogP contribution in [0.5, 0.6) is 0 Å². The largest absolute Gasteiger partial charge is 0.320 e. The third-order valence-electron chi connectivity index (χ3n) is 1.89. The van der Waals surface area contributed by atoms with Gasteiger partial charge in [0.15, 0.2) is 0 Å². The van der Waals surface area contributed by atoms with Crippen molar-refractivity contribution in [1.82, 2.24) is 10.2 Å². The average molecular weight is 172 g/mol. The van der Waals surface area contributed by atoms with E-state index in [4.69, 9.17) is 0 Å². The molecule has 0 aromatic carbocycles. The Bertz CT molecular complexity index is 91.8. The first-order chi connectivity index (χ1) is 5.66. The Morgan fingerprint density at radius 1 is 1.25 bits per heavy atom. The number of rotatable bonds is 7. The highest BCUT2D eigenvalue weighted by Gasteiger charge is 2.00. The molecule has 2 nitrogen and oxygen atoms in total. The maximum Gasteiger partial charge on any atom is 0.000133 e. The Labute approximate surface area is 77.3 Å². The molecule has 0 fully saturated rings. The summed E-state index contributed by atoms with van der Waals surface area (Å²) in [4.78, 5) is 2.42. The van der Waals surface area contributed by atoms with Crippen molar-refractivity contribution in [2.45, 2.75) is 26.7 Å². The highest BCUT2D eigenvalue weighted by atomic mass is 15.1. The second-order valence-corrected chi connectivity index (χ2v) is 3.97. The number of unbranched alkanes of at least 4 members (excludes halogenated alkanes) is 1. The van der Waals surface area contributed by atoms with Gasteiger partial charge < -0.3 is 10.2 Å². The summed E-state index contributed by atoms with van der Waals surface area (Å²) in [6.45, 7) is 8.14. The summed E-state index contributed by atoms with van der Waals surface area (Å²) in [6, 6.07) is 0. The number of hydrogen-bond acceptors (Lipinski definition) is 2. The molecule has 2 heteroatoms. The molecular weight excluding hydrogens is 148 g/mol. The van der Waals surface area contributed by atoms with Crippen molar-refractivity contribution in [3.8, 4) is 0 Å². The summed E-state index contributed by atoms with van der Waals surface area (Å²) < 4.78 is 0. The van der Waals surface area contributed by atoms with Crippen LogP contribution in [0.2, 0.25) is 0 Å². The second-order valence-electron chi connectivity index (χ2n) is 3.97. The van der Waals surface area contributed by atoms with E-state index in [-0.39, 0.29) is 0 Å². The molecule has 0 aliphatic rings. The second kappa shape index (κ2) is 7.56. The minimum Gasteiger partial charge on any atom is -0.320 e. The van der Waals surface area contributed by atoms with Gasteiger partial charge in [-0.2, -0.15) is 0 Å². The fraction of sp³-hybridized carbons (Fsp3) is 1.00. The summed E-state index contributed by atoms with van der Waals surface area (Å²) in [7, 11) is 4.22. The van der Waals surface area contributed by atoms with Crippen molar-refractivity contribution in [3.05, 3.63) is 0 Å². The van der Waals surface area contributed by atoms with Crippen molar-refractivity contribution in [3.63, 3.8) is 0 Å². The lowest BCUT2D eigenvalue weighted by Gasteiger charge is -2.18. The maximum absolute atomic E-state index is 3.16. The monoisotopic (exact) mass is 172 g/mol. The first kappa shape index (κ1) is 11.9. The van der Waals surface area contributed by atoms with Gasteiger partial charge in [0.1, 0.15) is 0 Å². The molecule has 0 aromatic rings. The first-order valence-corrected chi connectivity index (χ1v) is 5.00. The molecule has 0 bridgehead atoms. The Kier molecular flexibility index (Phi) is 7.51. The van der Waals surface area contributed by atoms with Crippen LogP contribution in [0.15, 0.2) is 0 Å². The van der Waals surface area contributed by atoms with Crippen LogP contribution < -0.4 is 5.32 Å². The molecule has 0 aliphatic carbocycles. The predicted octanol–water partition coefficient (Wildman–Crippen LogP) is 1.57. The molecular formula is C10H24N2. The van der Waals surface area contributed by atoms with Gasteiger partial charge in [0.05, 0.1) is 0 Å². The fourth-order valence-electron chi connectivity index (χ4n) is 1.40. The highest BCUT2D eigenvalue weighted by molar-refractivity contribution is 4.55. The van der Waals surface area contributed by atoms with Gasteiger partial charge in [-0.15, -0.1) is 0 Å². The molecule has 12 heavy (non-hydrogen) atoms. The number of hydrogen-bond donors (Lipinski definition) is 1. The summed E-state index contributed by atoms with van der Waals surface area (Å²) in [5.41, 5.74) is 0. The standard InChI is InChI=1S/C10H24N2/c1-10(2)9-12(4)8-6-5-7-11-3/h10-11H,5-9H2,1-4H3. The van der Waals surface area contributed by atoms with Gasteiger partial charge in [0.25, 0.3) is 0 Å². The average Bonchev–Trinajstić information content (AvgIpc) is 1.97. The Hall–Kier alpha value is -0.0800. The van der Waals surface area contributed by atoms with Gasteiger partial charge in [-0.05, 0) is 45.9 Å². The van der Waals surface area contributed by atoms with E-state index in [0.717, 1.165) is 12.5 Å². The molecule has 0 atom stereocenters. The molecule has 0 aromatic heterocycles. The Balaban J connectivity index is 3.14. The zero-order chi connectivity index (χ0) is 9.40. The van der Waals surface area contributed by atoms with Crippen molar-refractivity contribution in [2.24, 2.45) is 5.92 Å². The number of nitrogens with zero attached hydrogens (tertiary/aromatic N) is 1. The molecule has 0 unspecified atom stereocenters. The SMILES string of the molecule is CNCCCCN(C)CC(C)C. The van der Waals surface area contributed by atoms with Gasteiger partial charge >= 0.3 is 0 Å². The van der Waals surface area contributed by atoms with E-state index in [1.54, 1.807) is 0 Å². The van der Waals surface area contributed by atoms with Gasteiger partial charge in [-0.3, -0.25) is 0 Å². The number of nitrogens with one attached hydrogen (secondary N) is 1. The van der Waals surface area contributed by atoms with Crippen molar-refractivity contribution >= 4 is 0 Å². The molecule has 0 saturated carbocycles. The summed E-state index contributed by atoms with van der Waals surface area (Å²) >= 11 is 0. The van der Waals surface area contributed by atoms with E-state index in [0.29, 0.717) is 0 Å². The van der Waals surface area contributed by atoms with Crippen LogP contribution in [0.1, 0.15) is 26.7 Å². The third-order valence-corrected chi connectivity index (χ3v) is 1.89. The van der Waals surface area contributed by atoms with E-state index < -0.39 is 0 Å². The van der Waals surface area contributed by atoms with E-state index in [1.807, 2.05) is 7.05 Å². The van der Waals surface area contributed by atoms with Crippen LogP contribution >= 0.6 is 0 Å². The molecule has 0 saturated heterocycles.